The highest BCUT2D eigenvalue weighted by molar-refractivity contribution is 5.47. The van der Waals surface area contributed by atoms with E-state index >= 15 is 0 Å². The highest BCUT2D eigenvalue weighted by Gasteiger charge is 2.05. The molecule has 1 aromatic rings. The van der Waals surface area contributed by atoms with Gasteiger partial charge in [0.25, 0.3) is 0 Å². The second-order valence-electron chi connectivity index (χ2n) is 4.27. The fourth-order valence-electron chi connectivity index (χ4n) is 1.75. The van der Waals surface area contributed by atoms with Gasteiger partial charge in [-0.25, -0.2) is 0 Å². The van der Waals surface area contributed by atoms with Crippen molar-refractivity contribution in [2.45, 2.75) is 47.5 Å². The number of rotatable bonds is 3. The summed E-state index contributed by atoms with van der Waals surface area (Å²) in [6, 6.07) is 2.26. The molecule has 0 aliphatic heterocycles. The average Bonchev–Trinajstić information content (AvgIpc) is 2.20. The predicted octanol–water partition coefficient (Wildman–Crippen LogP) is 4.43. The molecule has 0 unspecified atom stereocenters. The van der Waals surface area contributed by atoms with E-state index in [4.69, 9.17) is 0 Å². The SMILES string of the molecule is CCC/C=[C]\c1c(C)c(C)cc(C)c1C. The zero-order valence-corrected chi connectivity index (χ0v) is 10.6. The summed E-state index contributed by atoms with van der Waals surface area (Å²) in [6.45, 7) is 10.9. The van der Waals surface area contributed by atoms with E-state index in [1.165, 1.54) is 34.2 Å². The van der Waals surface area contributed by atoms with Crippen molar-refractivity contribution in [2.75, 3.05) is 0 Å². The topological polar surface area (TPSA) is 0 Å². The van der Waals surface area contributed by atoms with Crippen molar-refractivity contribution in [1.29, 1.82) is 0 Å². The summed E-state index contributed by atoms with van der Waals surface area (Å²) in [6.07, 6.45) is 7.91. The second kappa shape index (κ2) is 5.16. The molecule has 0 aromatic heterocycles. The van der Waals surface area contributed by atoms with Gasteiger partial charge >= 0.3 is 0 Å². The van der Waals surface area contributed by atoms with Gasteiger partial charge in [0.2, 0.25) is 0 Å². The minimum atomic E-state index is 1.12. The molecule has 0 aliphatic carbocycles. The molecule has 0 N–H and O–H groups in total. The Morgan fingerprint density at radius 3 is 2.07 bits per heavy atom. The van der Waals surface area contributed by atoms with Gasteiger partial charge in [0.15, 0.2) is 0 Å². The highest BCUT2D eigenvalue weighted by atomic mass is 14.1. The first-order valence-corrected chi connectivity index (χ1v) is 5.73. The smallest absolute Gasteiger partial charge is 0.0117 e. The fraction of sp³-hybridized carbons (Fsp3) is 0.467. The second-order valence-corrected chi connectivity index (χ2v) is 4.27. The third kappa shape index (κ3) is 2.71. The number of benzene rings is 1. The molecule has 1 radical (unpaired) electrons. The van der Waals surface area contributed by atoms with Crippen LogP contribution in [0.15, 0.2) is 12.1 Å². The van der Waals surface area contributed by atoms with Gasteiger partial charge in [0, 0.05) is 0 Å². The average molecular weight is 201 g/mol. The molecule has 0 saturated carbocycles. The largest absolute Gasteiger partial charge is 0.0760 e. The van der Waals surface area contributed by atoms with E-state index in [9.17, 15) is 0 Å². The Morgan fingerprint density at radius 1 is 1.07 bits per heavy atom. The Balaban J connectivity index is 3.15. The van der Waals surface area contributed by atoms with Gasteiger partial charge in [-0.1, -0.05) is 25.5 Å². The lowest BCUT2D eigenvalue weighted by Crippen LogP contribution is -1.95. The minimum absolute atomic E-state index is 1.12. The molecule has 0 spiro atoms. The summed E-state index contributed by atoms with van der Waals surface area (Å²) < 4.78 is 0. The van der Waals surface area contributed by atoms with Crippen molar-refractivity contribution in [1.82, 2.24) is 0 Å². The van der Waals surface area contributed by atoms with Crippen LogP contribution in [0.5, 0.6) is 0 Å². The van der Waals surface area contributed by atoms with Gasteiger partial charge in [-0.2, -0.15) is 0 Å². The van der Waals surface area contributed by atoms with Gasteiger partial charge in [0.05, 0.1) is 0 Å². The predicted molar refractivity (Wildman–Crippen MR) is 67.2 cm³/mol. The minimum Gasteiger partial charge on any atom is -0.0760 e. The number of hydrogen-bond acceptors (Lipinski definition) is 0. The maximum absolute atomic E-state index is 3.44. The Bertz CT molecular complexity index is 344. The lowest BCUT2D eigenvalue weighted by molar-refractivity contribution is 0.954. The quantitative estimate of drug-likeness (QED) is 0.678. The number of unbranched alkanes of at least 4 members (excludes halogenated alkanes) is 1. The van der Waals surface area contributed by atoms with Crippen molar-refractivity contribution < 1.29 is 0 Å². The van der Waals surface area contributed by atoms with Crippen LogP contribution in [0, 0.1) is 33.8 Å². The molecular formula is C15H21. The van der Waals surface area contributed by atoms with E-state index in [0.29, 0.717) is 0 Å². The summed E-state index contributed by atoms with van der Waals surface area (Å²) in [5, 5.41) is 0. The van der Waals surface area contributed by atoms with Crippen LogP contribution in [0.4, 0.5) is 0 Å². The number of allylic oxidation sites excluding steroid dienone is 1. The van der Waals surface area contributed by atoms with Crippen molar-refractivity contribution in [2.24, 2.45) is 0 Å². The first kappa shape index (κ1) is 12.0. The van der Waals surface area contributed by atoms with Crippen molar-refractivity contribution in [3.8, 4) is 0 Å². The zero-order chi connectivity index (χ0) is 11.4. The Morgan fingerprint density at radius 2 is 1.60 bits per heavy atom. The Labute approximate surface area is 94.0 Å². The molecule has 0 amide bonds. The van der Waals surface area contributed by atoms with E-state index < -0.39 is 0 Å². The van der Waals surface area contributed by atoms with Crippen LogP contribution in [-0.4, -0.2) is 0 Å². The normalized spacial score (nSPS) is 11.3. The van der Waals surface area contributed by atoms with Gasteiger partial charge in [-0.15, -0.1) is 0 Å². The monoisotopic (exact) mass is 201 g/mol. The zero-order valence-electron chi connectivity index (χ0n) is 10.6. The van der Waals surface area contributed by atoms with E-state index in [1.807, 2.05) is 0 Å². The molecule has 81 valence electrons. The first-order chi connectivity index (χ1) is 7.07. The van der Waals surface area contributed by atoms with Crippen LogP contribution in [0.3, 0.4) is 0 Å². The lowest BCUT2D eigenvalue weighted by atomic mass is 9.94. The molecule has 0 bridgehead atoms. The molecule has 0 atom stereocenters. The van der Waals surface area contributed by atoms with Gasteiger partial charge in [-0.3, -0.25) is 0 Å². The first-order valence-electron chi connectivity index (χ1n) is 5.73. The summed E-state index contributed by atoms with van der Waals surface area (Å²) in [4.78, 5) is 0. The maximum atomic E-state index is 3.44. The highest BCUT2D eigenvalue weighted by Crippen LogP contribution is 2.21. The van der Waals surface area contributed by atoms with E-state index in [2.05, 4.69) is 52.8 Å². The standard InChI is InChI=1S/C15H21/c1-6-7-8-9-15-13(4)11(2)10-12(3)14(15)5/h8,10H,6-7H2,1-5H3. The molecule has 0 nitrogen and oxygen atoms in total. The van der Waals surface area contributed by atoms with E-state index in [1.54, 1.807) is 0 Å². The number of aryl methyl sites for hydroxylation is 2. The van der Waals surface area contributed by atoms with Crippen LogP contribution >= 0.6 is 0 Å². The number of hydrogen-bond donors (Lipinski definition) is 0. The molecule has 1 aromatic carbocycles. The molecular weight excluding hydrogens is 180 g/mol. The van der Waals surface area contributed by atoms with Crippen molar-refractivity contribution in [3.63, 3.8) is 0 Å². The van der Waals surface area contributed by atoms with Crippen LogP contribution in [-0.2, 0) is 0 Å². The van der Waals surface area contributed by atoms with Crippen molar-refractivity contribution >= 4 is 0 Å². The maximum Gasteiger partial charge on any atom is -0.0117 e. The van der Waals surface area contributed by atoms with Crippen LogP contribution < -0.4 is 0 Å². The van der Waals surface area contributed by atoms with Crippen LogP contribution in [0.1, 0.15) is 47.6 Å². The molecule has 15 heavy (non-hydrogen) atoms. The Hall–Kier alpha value is -1.04. The molecule has 1 rings (SSSR count). The summed E-state index contributed by atoms with van der Waals surface area (Å²) in [5.41, 5.74) is 6.76. The Kier molecular flexibility index (Phi) is 4.14. The summed E-state index contributed by atoms with van der Waals surface area (Å²) in [7, 11) is 0. The van der Waals surface area contributed by atoms with Gasteiger partial charge in [0.1, 0.15) is 0 Å². The summed E-state index contributed by atoms with van der Waals surface area (Å²) in [5.74, 6) is 0. The molecule has 0 fully saturated rings. The van der Waals surface area contributed by atoms with Gasteiger partial charge < -0.3 is 0 Å². The summed E-state index contributed by atoms with van der Waals surface area (Å²) >= 11 is 0. The fourth-order valence-corrected chi connectivity index (χ4v) is 1.75. The third-order valence-corrected chi connectivity index (χ3v) is 3.05. The van der Waals surface area contributed by atoms with Gasteiger partial charge in [-0.05, 0) is 68.0 Å². The lowest BCUT2D eigenvalue weighted by Gasteiger charge is -2.11. The molecule has 0 saturated heterocycles. The molecule has 0 aliphatic rings. The van der Waals surface area contributed by atoms with E-state index in [-0.39, 0.29) is 0 Å². The molecule has 0 heteroatoms. The molecule has 0 heterocycles. The van der Waals surface area contributed by atoms with E-state index in [0.717, 1.165) is 6.42 Å². The van der Waals surface area contributed by atoms with Crippen LogP contribution in [0.2, 0.25) is 0 Å². The third-order valence-electron chi connectivity index (χ3n) is 3.05. The van der Waals surface area contributed by atoms with Crippen LogP contribution in [0.25, 0.3) is 0 Å². The van der Waals surface area contributed by atoms with Crippen molar-refractivity contribution in [3.05, 3.63) is 46.0 Å².